The van der Waals surface area contributed by atoms with Gasteiger partial charge in [0.15, 0.2) is 0 Å². The van der Waals surface area contributed by atoms with Crippen molar-refractivity contribution in [3.05, 3.63) is 65.7 Å². The molecule has 2 amide bonds. The van der Waals surface area contributed by atoms with E-state index < -0.39 is 22.0 Å². The van der Waals surface area contributed by atoms with Crippen LogP contribution in [0.4, 0.5) is 5.69 Å². The van der Waals surface area contributed by atoms with Gasteiger partial charge in [-0.25, -0.2) is 8.42 Å². The third kappa shape index (κ3) is 8.36. The molecule has 36 heavy (non-hydrogen) atoms. The first-order chi connectivity index (χ1) is 16.7. The van der Waals surface area contributed by atoms with Crippen LogP contribution in [0.2, 0.25) is 0 Å². The number of nitrogens with zero attached hydrogens (tertiary/aromatic N) is 2. The first-order valence-electron chi connectivity index (χ1n) is 12.5. The minimum absolute atomic E-state index is 0.0279. The number of nitrogens with one attached hydrogen (secondary N) is 1. The molecule has 0 heterocycles. The molecule has 0 radical (unpaired) electrons. The zero-order valence-corrected chi connectivity index (χ0v) is 23.4. The first-order valence-corrected chi connectivity index (χ1v) is 14.3. The zero-order valence-electron chi connectivity index (χ0n) is 22.6. The molecule has 0 aliphatic heterocycles. The van der Waals surface area contributed by atoms with E-state index in [0.29, 0.717) is 18.7 Å². The van der Waals surface area contributed by atoms with Crippen molar-refractivity contribution in [2.24, 2.45) is 0 Å². The highest BCUT2D eigenvalue weighted by Gasteiger charge is 2.30. The smallest absolute Gasteiger partial charge is 0.244 e. The van der Waals surface area contributed by atoms with Gasteiger partial charge in [0, 0.05) is 12.6 Å². The molecule has 0 fully saturated rings. The molecule has 2 atom stereocenters. The van der Waals surface area contributed by atoms with Gasteiger partial charge in [0.1, 0.15) is 12.6 Å². The largest absolute Gasteiger partial charge is 0.352 e. The molecule has 7 nitrogen and oxygen atoms in total. The van der Waals surface area contributed by atoms with E-state index in [1.165, 1.54) is 4.90 Å². The van der Waals surface area contributed by atoms with Crippen LogP contribution in [-0.2, 0) is 31.4 Å². The number of carbonyl (C=O) groups is 2. The van der Waals surface area contributed by atoms with E-state index in [4.69, 9.17) is 0 Å². The van der Waals surface area contributed by atoms with E-state index in [1.807, 2.05) is 56.3 Å². The highest BCUT2D eigenvalue weighted by molar-refractivity contribution is 7.92. The summed E-state index contributed by atoms with van der Waals surface area (Å²) < 4.78 is 26.5. The van der Waals surface area contributed by atoms with E-state index in [0.717, 1.165) is 28.1 Å². The second kappa shape index (κ2) is 12.4. The van der Waals surface area contributed by atoms with Gasteiger partial charge in [0.05, 0.1) is 11.9 Å². The number of hydrogen-bond acceptors (Lipinski definition) is 4. The predicted octanol–water partition coefficient (Wildman–Crippen LogP) is 4.12. The third-order valence-corrected chi connectivity index (χ3v) is 7.49. The Morgan fingerprint density at radius 2 is 1.56 bits per heavy atom. The Labute approximate surface area is 216 Å². The van der Waals surface area contributed by atoms with Crippen molar-refractivity contribution in [2.45, 2.75) is 71.9 Å². The maximum absolute atomic E-state index is 13.6. The third-order valence-electron chi connectivity index (χ3n) is 6.35. The van der Waals surface area contributed by atoms with E-state index in [9.17, 15) is 18.0 Å². The van der Waals surface area contributed by atoms with Crippen LogP contribution < -0.4 is 9.62 Å². The highest BCUT2D eigenvalue weighted by Crippen LogP contribution is 2.26. The second-order valence-electron chi connectivity index (χ2n) is 10.4. The fraction of sp³-hybridized carbons (Fsp3) is 0.500. The summed E-state index contributed by atoms with van der Waals surface area (Å²) in [6.07, 6.45) is 2.40. The molecular weight excluding hydrogens is 474 g/mol. The summed E-state index contributed by atoms with van der Waals surface area (Å²) in [5.41, 5.74) is 2.42. The number of anilines is 1. The molecule has 0 unspecified atom stereocenters. The van der Waals surface area contributed by atoms with Gasteiger partial charge in [-0.15, -0.1) is 0 Å². The van der Waals surface area contributed by atoms with Gasteiger partial charge < -0.3 is 10.2 Å². The van der Waals surface area contributed by atoms with Crippen molar-refractivity contribution in [2.75, 3.05) is 23.7 Å². The van der Waals surface area contributed by atoms with Crippen LogP contribution in [0.1, 0.15) is 59.1 Å². The van der Waals surface area contributed by atoms with E-state index in [1.54, 1.807) is 19.1 Å². The minimum Gasteiger partial charge on any atom is -0.352 e. The molecule has 8 heteroatoms. The summed E-state index contributed by atoms with van der Waals surface area (Å²) >= 11 is 0. The molecule has 0 saturated carbocycles. The average Bonchev–Trinajstić information content (AvgIpc) is 2.81. The lowest BCUT2D eigenvalue weighted by Gasteiger charge is -2.32. The van der Waals surface area contributed by atoms with Crippen molar-refractivity contribution >= 4 is 27.5 Å². The van der Waals surface area contributed by atoms with Gasteiger partial charge in [-0.3, -0.25) is 13.9 Å². The van der Waals surface area contributed by atoms with E-state index in [2.05, 4.69) is 26.1 Å². The molecule has 2 aromatic rings. The molecule has 2 aromatic carbocycles. The second-order valence-corrected chi connectivity index (χ2v) is 12.3. The lowest BCUT2D eigenvalue weighted by Crippen LogP contribution is -2.53. The molecule has 198 valence electrons. The molecule has 0 aliphatic carbocycles. The summed E-state index contributed by atoms with van der Waals surface area (Å²) in [6.45, 7) is 11.7. The van der Waals surface area contributed by atoms with Crippen molar-refractivity contribution < 1.29 is 18.0 Å². The maximum atomic E-state index is 13.6. The number of hydrogen-bond donors (Lipinski definition) is 1. The Kier molecular flexibility index (Phi) is 10.1. The van der Waals surface area contributed by atoms with Crippen LogP contribution in [0.5, 0.6) is 0 Å². The van der Waals surface area contributed by atoms with Gasteiger partial charge >= 0.3 is 0 Å². The van der Waals surface area contributed by atoms with Gasteiger partial charge in [0.25, 0.3) is 0 Å². The van der Waals surface area contributed by atoms with Crippen LogP contribution in [0, 0.1) is 0 Å². The quantitative estimate of drug-likeness (QED) is 0.488. The SMILES string of the molecule is CC[C@@H](C)NC(=O)[C@H](C)N(CCc1ccccc1)C(=O)CN(c1ccc(C(C)(C)C)cc1)S(C)(=O)=O. The van der Waals surface area contributed by atoms with Crippen molar-refractivity contribution in [1.82, 2.24) is 10.2 Å². The van der Waals surface area contributed by atoms with Gasteiger partial charge in [-0.05, 0) is 55.4 Å². The number of carbonyl (C=O) groups excluding carboxylic acids is 2. The van der Waals surface area contributed by atoms with Crippen LogP contribution in [-0.4, -0.2) is 56.6 Å². The molecule has 0 spiro atoms. The molecular formula is C28H41N3O4S. The Balaban J connectivity index is 2.33. The maximum Gasteiger partial charge on any atom is 0.244 e. The summed E-state index contributed by atoms with van der Waals surface area (Å²) in [6, 6.07) is 16.1. The molecule has 0 bridgehead atoms. The monoisotopic (exact) mass is 515 g/mol. The van der Waals surface area contributed by atoms with Crippen LogP contribution in [0.3, 0.4) is 0 Å². The minimum atomic E-state index is -3.75. The molecule has 0 aliphatic rings. The summed E-state index contributed by atoms with van der Waals surface area (Å²) in [4.78, 5) is 28.0. The van der Waals surface area contributed by atoms with Crippen molar-refractivity contribution in [1.29, 1.82) is 0 Å². The molecule has 0 aromatic heterocycles. The fourth-order valence-corrected chi connectivity index (χ4v) is 4.63. The van der Waals surface area contributed by atoms with Crippen molar-refractivity contribution in [3.8, 4) is 0 Å². The zero-order chi connectivity index (χ0) is 27.1. The fourth-order valence-electron chi connectivity index (χ4n) is 3.78. The number of sulfonamides is 1. The van der Waals surface area contributed by atoms with Crippen LogP contribution >= 0.6 is 0 Å². The Morgan fingerprint density at radius 1 is 0.972 bits per heavy atom. The summed E-state index contributed by atoms with van der Waals surface area (Å²) in [5.74, 6) is -0.686. The topological polar surface area (TPSA) is 86.8 Å². The van der Waals surface area contributed by atoms with Gasteiger partial charge in [-0.1, -0.05) is 70.2 Å². The molecule has 2 rings (SSSR count). The molecule has 1 N–H and O–H groups in total. The first kappa shape index (κ1) is 29.4. The Hall–Kier alpha value is -2.87. The van der Waals surface area contributed by atoms with Gasteiger partial charge in [-0.2, -0.15) is 0 Å². The average molecular weight is 516 g/mol. The number of rotatable bonds is 11. The van der Waals surface area contributed by atoms with E-state index in [-0.39, 0.29) is 23.9 Å². The lowest BCUT2D eigenvalue weighted by molar-refractivity contribution is -0.139. The number of benzene rings is 2. The number of amides is 2. The standard InChI is InChI=1S/C28H41N3O4S/c1-8-21(2)29-27(33)22(3)30(19-18-23-12-10-9-11-13-23)26(32)20-31(36(7,34)35)25-16-14-24(15-17-25)28(4,5)6/h9-17,21-22H,8,18-20H2,1-7H3,(H,29,33)/t21-,22+/m1/s1. The normalized spacial score (nSPS) is 13.5. The summed E-state index contributed by atoms with van der Waals surface area (Å²) in [5, 5.41) is 2.93. The predicted molar refractivity (Wildman–Crippen MR) is 147 cm³/mol. The Bertz CT molecular complexity index is 1110. The summed E-state index contributed by atoms with van der Waals surface area (Å²) in [7, 11) is -3.75. The van der Waals surface area contributed by atoms with Gasteiger partial charge in [0.2, 0.25) is 21.8 Å². The highest BCUT2D eigenvalue weighted by atomic mass is 32.2. The van der Waals surface area contributed by atoms with E-state index >= 15 is 0 Å². The van der Waals surface area contributed by atoms with Crippen molar-refractivity contribution in [3.63, 3.8) is 0 Å². The lowest BCUT2D eigenvalue weighted by atomic mass is 9.87. The molecule has 0 saturated heterocycles. The Morgan fingerprint density at radius 3 is 2.06 bits per heavy atom. The van der Waals surface area contributed by atoms with Crippen LogP contribution in [0.15, 0.2) is 54.6 Å². The van der Waals surface area contributed by atoms with Crippen LogP contribution in [0.25, 0.3) is 0 Å².